The van der Waals surface area contributed by atoms with Gasteiger partial charge in [0.2, 0.25) is 0 Å². The smallest absolute Gasteiger partial charge is 0.162 e. The van der Waals surface area contributed by atoms with E-state index >= 15 is 0 Å². The van der Waals surface area contributed by atoms with Crippen molar-refractivity contribution in [2.45, 2.75) is 0 Å². The molecule has 0 aliphatic rings. The van der Waals surface area contributed by atoms with Crippen LogP contribution in [0, 0.1) is 0 Å². The van der Waals surface area contributed by atoms with Crippen LogP contribution >= 0.6 is 0 Å². The minimum atomic E-state index is 0.693. The molecule has 0 fully saturated rings. The van der Waals surface area contributed by atoms with E-state index in [-0.39, 0.29) is 0 Å². The van der Waals surface area contributed by atoms with Crippen LogP contribution in [-0.4, -0.2) is 19.1 Å². The molecular weight excluding hydrogens is 705 g/mol. The third-order valence-corrected chi connectivity index (χ3v) is 11.7. The third kappa shape index (κ3) is 5.02. The van der Waals surface area contributed by atoms with Crippen molar-refractivity contribution in [1.82, 2.24) is 19.1 Å². The van der Waals surface area contributed by atoms with Gasteiger partial charge in [0.1, 0.15) is 5.82 Å². The van der Waals surface area contributed by atoms with Crippen molar-refractivity contribution < 1.29 is 0 Å². The van der Waals surface area contributed by atoms with Gasteiger partial charge >= 0.3 is 0 Å². The summed E-state index contributed by atoms with van der Waals surface area (Å²) in [6.45, 7) is 0. The van der Waals surface area contributed by atoms with Gasteiger partial charge in [-0.05, 0) is 82.2 Å². The zero-order chi connectivity index (χ0) is 38.2. The molecule has 0 saturated carbocycles. The van der Waals surface area contributed by atoms with Crippen molar-refractivity contribution in [3.05, 3.63) is 206 Å². The lowest BCUT2D eigenvalue weighted by molar-refractivity contribution is 1.08. The Kier molecular flexibility index (Phi) is 7.20. The molecule has 0 amide bonds. The molecule has 0 saturated heterocycles. The van der Waals surface area contributed by atoms with E-state index in [4.69, 9.17) is 9.97 Å². The van der Waals surface area contributed by atoms with Crippen LogP contribution in [0.15, 0.2) is 206 Å². The molecule has 0 aliphatic carbocycles. The second kappa shape index (κ2) is 12.9. The molecule has 0 spiro atoms. The normalized spacial score (nSPS) is 11.8. The molecule has 0 atom stereocenters. The summed E-state index contributed by atoms with van der Waals surface area (Å²) in [6, 6.07) is 73.8. The quantitative estimate of drug-likeness (QED) is 0.165. The van der Waals surface area contributed by atoms with Gasteiger partial charge in [0.25, 0.3) is 0 Å². The molecule has 0 aliphatic heterocycles. The maximum absolute atomic E-state index is 5.51. The second-order valence-corrected chi connectivity index (χ2v) is 15.0. The molecule has 9 aromatic carbocycles. The van der Waals surface area contributed by atoms with E-state index in [0.717, 1.165) is 66.5 Å². The number of aromatic nitrogens is 4. The first-order valence-electron chi connectivity index (χ1n) is 19.7. The average molecular weight is 739 g/mol. The van der Waals surface area contributed by atoms with E-state index in [1.807, 2.05) is 0 Å². The van der Waals surface area contributed by atoms with Gasteiger partial charge in [0, 0.05) is 43.6 Å². The Bertz CT molecular complexity index is 3560. The summed E-state index contributed by atoms with van der Waals surface area (Å²) >= 11 is 0. The maximum Gasteiger partial charge on any atom is 0.162 e. The van der Waals surface area contributed by atoms with Crippen LogP contribution in [-0.2, 0) is 0 Å². The van der Waals surface area contributed by atoms with E-state index in [0.29, 0.717) is 5.82 Å². The number of nitrogens with zero attached hydrogens (tertiary/aromatic N) is 4. The van der Waals surface area contributed by atoms with Gasteiger partial charge in [-0.2, -0.15) is 0 Å². The zero-order valence-electron chi connectivity index (χ0n) is 31.4. The molecule has 4 nitrogen and oxygen atoms in total. The van der Waals surface area contributed by atoms with Crippen LogP contribution < -0.4 is 0 Å². The van der Waals surface area contributed by atoms with E-state index in [1.54, 1.807) is 0 Å². The number of hydrogen-bond acceptors (Lipinski definition) is 2. The van der Waals surface area contributed by atoms with Crippen LogP contribution in [0.1, 0.15) is 0 Å². The highest BCUT2D eigenvalue weighted by atomic mass is 15.1. The second-order valence-electron chi connectivity index (χ2n) is 15.0. The number of fused-ring (bicyclic) bond motifs is 9. The minimum absolute atomic E-state index is 0.693. The van der Waals surface area contributed by atoms with E-state index in [1.165, 1.54) is 38.1 Å². The van der Waals surface area contributed by atoms with E-state index in [9.17, 15) is 0 Å². The molecular formula is C54H34N4. The van der Waals surface area contributed by atoms with Gasteiger partial charge in [-0.15, -0.1) is 0 Å². The molecule has 12 rings (SSSR count). The molecule has 3 aromatic heterocycles. The molecule has 12 aromatic rings. The highest BCUT2D eigenvalue weighted by Crippen LogP contribution is 2.40. The van der Waals surface area contributed by atoms with Gasteiger partial charge in [-0.3, -0.25) is 4.57 Å². The first kappa shape index (κ1) is 32.4. The van der Waals surface area contributed by atoms with Crippen LogP contribution in [0.25, 0.3) is 110 Å². The number of rotatable bonds is 5. The summed E-state index contributed by atoms with van der Waals surface area (Å²) in [6.07, 6.45) is 0. The van der Waals surface area contributed by atoms with Crippen LogP contribution in [0.2, 0.25) is 0 Å². The predicted octanol–water partition coefficient (Wildman–Crippen LogP) is 14.0. The highest BCUT2D eigenvalue weighted by Gasteiger charge is 2.20. The SMILES string of the molecule is c1ccc(-c2cccc(-c3nc(-n4c5ccccc5c5ccc(-c6ccc7c(c6)c6ccccc6n7-c6ccccc6)cc54)c4ccc5ccccc5c4n3)c2)cc1. The Morgan fingerprint density at radius 3 is 1.69 bits per heavy atom. The first-order chi connectivity index (χ1) is 28.8. The number of hydrogen-bond donors (Lipinski definition) is 0. The first-order valence-corrected chi connectivity index (χ1v) is 19.7. The monoisotopic (exact) mass is 738 g/mol. The average Bonchev–Trinajstić information content (AvgIpc) is 3.81. The summed E-state index contributed by atoms with van der Waals surface area (Å²) < 4.78 is 4.73. The molecule has 0 radical (unpaired) electrons. The van der Waals surface area contributed by atoms with Crippen molar-refractivity contribution in [3.63, 3.8) is 0 Å². The van der Waals surface area contributed by atoms with Gasteiger partial charge < -0.3 is 4.57 Å². The Balaban J connectivity index is 1.11. The van der Waals surface area contributed by atoms with Gasteiger partial charge in [0.05, 0.1) is 27.6 Å². The maximum atomic E-state index is 5.51. The molecule has 270 valence electrons. The fourth-order valence-corrected chi connectivity index (χ4v) is 9.00. The Labute approximate surface area is 334 Å². The number of para-hydroxylation sites is 3. The number of benzene rings is 9. The van der Waals surface area contributed by atoms with Crippen molar-refractivity contribution in [2.24, 2.45) is 0 Å². The van der Waals surface area contributed by atoms with Gasteiger partial charge in [-0.25, -0.2) is 9.97 Å². The predicted molar refractivity (Wildman–Crippen MR) is 242 cm³/mol. The lowest BCUT2D eigenvalue weighted by Gasteiger charge is -2.15. The summed E-state index contributed by atoms with van der Waals surface area (Å²) in [5.41, 5.74) is 12.3. The van der Waals surface area contributed by atoms with Crippen molar-refractivity contribution in [3.8, 4) is 45.1 Å². The topological polar surface area (TPSA) is 35.6 Å². The summed E-state index contributed by atoms with van der Waals surface area (Å²) in [5, 5.41) is 8.10. The Morgan fingerprint density at radius 1 is 0.293 bits per heavy atom. The third-order valence-electron chi connectivity index (χ3n) is 11.7. The fourth-order valence-electron chi connectivity index (χ4n) is 9.00. The largest absolute Gasteiger partial charge is 0.309 e. The highest BCUT2D eigenvalue weighted by molar-refractivity contribution is 6.14. The summed E-state index contributed by atoms with van der Waals surface area (Å²) in [4.78, 5) is 10.9. The van der Waals surface area contributed by atoms with E-state index < -0.39 is 0 Å². The van der Waals surface area contributed by atoms with Gasteiger partial charge in [-0.1, -0.05) is 152 Å². The molecule has 58 heavy (non-hydrogen) atoms. The lowest BCUT2D eigenvalue weighted by atomic mass is 10.0. The van der Waals surface area contributed by atoms with Crippen LogP contribution in [0.5, 0.6) is 0 Å². The van der Waals surface area contributed by atoms with Crippen LogP contribution in [0.4, 0.5) is 0 Å². The Hall–Kier alpha value is -7.82. The fraction of sp³-hybridized carbons (Fsp3) is 0. The summed E-state index contributed by atoms with van der Waals surface area (Å²) in [5.74, 6) is 1.56. The Morgan fingerprint density at radius 2 is 0.862 bits per heavy atom. The molecule has 0 bridgehead atoms. The molecule has 3 heterocycles. The van der Waals surface area contributed by atoms with Crippen LogP contribution in [0.3, 0.4) is 0 Å². The molecule has 0 N–H and O–H groups in total. The molecule has 4 heteroatoms. The lowest BCUT2D eigenvalue weighted by Crippen LogP contribution is -2.03. The van der Waals surface area contributed by atoms with Gasteiger partial charge in [0.15, 0.2) is 5.82 Å². The summed E-state index contributed by atoms with van der Waals surface area (Å²) in [7, 11) is 0. The van der Waals surface area contributed by atoms with Crippen molar-refractivity contribution >= 4 is 65.3 Å². The zero-order valence-corrected chi connectivity index (χ0v) is 31.4. The molecule has 0 unspecified atom stereocenters. The van der Waals surface area contributed by atoms with Crippen molar-refractivity contribution in [2.75, 3.05) is 0 Å². The minimum Gasteiger partial charge on any atom is -0.309 e. The van der Waals surface area contributed by atoms with Crippen molar-refractivity contribution in [1.29, 1.82) is 0 Å². The van der Waals surface area contributed by atoms with E-state index in [2.05, 4.69) is 215 Å². The standard InChI is InChI=1S/C54H34N4/c1-3-14-35(15-4-1)37-17-13-18-40(32-37)53-55-52-42-21-8-7-16-36(42)26-30-46(52)54(56-53)58-49-25-12-9-22-43(49)45-29-27-39(34-51(45)58)38-28-31-50-47(33-38)44-23-10-11-24-48(44)57(50)41-19-5-2-6-20-41/h1-34H.